The van der Waals surface area contributed by atoms with Crippen molar-refractivity contribution in [2.24, 2.45) is 17.1 Å². The fourth-order valence-corrected chi connectivity index (χ4v) is 0.965. The lowest BCUT2D eigenvalue weighted by Gasteiger charge is -2.25. The van der Waals surface area contributed by atoms with E-state index in [1.807, 2.05) is 0 Å². The molecule has 12 heavy (non-hydrogen) atoms. The largest absolute Gasteiger partial charge is 0.481 e. The van der Waals surface area contributed by atoms with Crippen LogP contribution in [0.2, 0.25) is 0 Å². The van der Waals surface area contributed by atoms with Crippen molar-refractivity contribution in [3.63, 3.8) is 0 Å². The normalized spacial score (nSPS) is 13.9. The molecule has 0 bridgehead atoms. The van der Waals surface area contributed by atoms with Crippen molar-refractivity contribution in [2.45, 2.75) is 27.2 Å². The minimum absolute atomic E-state index is 0.0984. The maximum Gasteiger partial charge on any atom is 0.307 e. The molecule has 1 atom stereocenters. The Morgan fingerprint density at radius 1 is 1.42 bits per heavy atom. The molecule has 4 heteroatoms. The monoisotopic (exact) mass is 173 g/mol. The maximum atomic E-state index is 10.7. The lowest BCUT2D eigenvalue weighted by atomic mass is 9.79. The van der Waals surface area contributed by atoms with Gasteiger partial charge in [-0.15, -0.1) is 0 Å². The smallest absolute Gasteiger partial charge is 0.307 e. The highest BCUT2D eigenvalue weighted by atomic mass is 16.4. The van der Waals surface area contributed by atoms with Crippen LogP contribution < -0.4 is 5.73 Å². The molecule has 0 saturated carbocycles. The van der Waals surface area contributed by atoms with Gasteiger partial charge in [0.05, 0.1) is 5.92 Å². The Morgan fingerprint density at radius 3 is 1.92 bits per heavy atom. The van der Waals surface area contributed by atoms with Gasteiger partial charge in [-0.1, -0.05) is 20.8 Å². The number of hydrogen-bond acceptors (Lipinski definition) is 2. The van der Waals surface area contributed by atoms with Crippen molar-refractivity contribution >= 4 is 11.9 Å². The minimum atomic E-state index is -0.971. The van der Waals surface area contributed by atoms with E-state index in [-0.39, 0.29) is 6.42 Å². The number of rotatable bonds is 3. The molecule has 1 amide bonds. The molecule has 70 valence electrons. The van der Waals surface area contributed by atoms with E-state index in [1.54, 1.807) is 20.8 Å². The van der Waals surface area contributed by atoms with Crippen molar-refractivity contribution in [1.82, 2.24) is 0 Å². The van der Waals surface area contributed by atoms with Gasteiger partial charge in [0.15, 0.2) is 0 Å². The van der Waals surface area contributed by atoms with E-state index in [2.05, 4.69) is 0 Å². The molecule has 0 rings (SSSR count). The molecule has 0 aromatic carbocycles. The van der Waals surface area contributed by atoms with Crippen LogP contribution in [0.4, 0.5) is 0 Å². The number of amides is 1. The highest BCUT2D eigenvalue weighted by molar-refractivity contribution is 5.81. The predicted molar refractivity (Wildman–Crippen MR) is 44.4 cm³/mol. The molecular weight excluding hydrogens is 158 g/mol. The van der Waals surface area contributed by atoms with Gasteiger partial charge in [-0.05, 0) is 5.41 Å². The average Bonchev–Trinajstić information content (AvgIpc) is 1.79. The summed E-state index contributed by atoms with van der Waals surface area (Å²) in [4.78, 5) is 21.2. The molecular formula is C8H15NO3. The van der Waals surface area contributed by atoms with Crippen LogP contribution in [0.15, 0.2) is 0 Å². The minimum Gasteiger partial charge on any atom is -0.481 e. The van der Waals surface area contributed by atoms with Crippen LogP contribution in [0.1, 0.15) is 27.2 Å². The predicted octanol–water partition coefficient (Wildman–Crippen LogP) is 0.609. The molecule has 0 heterocycles. The van der Waals surface area contributed by atoms with Crippen LogP contribution in [-0.4, -0.2) is 17.0 Å². The zero-order chi connectivity index (χ0) is 9.94. The number of nitrogens with two attached hydrogens (primary N) is 1. The molecule has 0 aromatic rings. The van der Waals surface area contributed by atoms with Gasteiger partial charge in [-0.2, -0.15) is 0 Å². The summed E-state index contributed by atoms with van der Waals surface area (Å²) in [5.41, 5.74) is 4.50. The summed E-state index contributed by atoms with van der Waals surface area (Å²) in [6, 6.07) is 0. The quantitative estimate of drug-likeness (QED) is 0.656. The second-order valence-electron chi connectivity index (χ2n) is 3.93. The van der Waals surface area contributed by atoms with E-state index in [9.17, 15) is 9.59 Å². The first-order valence-electron chi connectivity index (χ1n) is 3.76. The van der Waals surface area contributed by atoms with Gasteiger partial charge >= 0.3 is 5.97 Å². The van der Waals surface area contributed by atoms with Gasteiger partial charge in [0.25, 0.3) is 0 Å². The third kappa shape index (κ3) is 3.37. The van der Waals surface area contributed by atoms with Crippen molar-refractivity contribution in [3.8, 4) is 0 Å². The van der Waals surface area contributed by atoms with Crippen LogP contribution in [0.3, 0.4) is 0 Å². The van der Waals surface area contributed by atoms with Crippen LogP contribution in [0.25, 0.3) is 0 Å². The van der Waals surface area contributed by atoms with Gasteiger partial charge in [0.2, 0.25) is 5.91 Å². The second-order valence-corrected chi connectivity index (χ2v) is 3.93. The third-order valence-corrected chi connectivity index (χ3v) is 1.75. The summed E-state index contributed by atoms with van der Waals surface area (Å²) >= 11 is 0. The van der Waals surface area contributed by atoms with Gasteiger partial charge in [0, 0.05) is 6.42 Å². The summed E-state index contributed by atoms with van der Waals surface area (Å²) in [6.07, 6.45) is -0.0984. The van der Waals surface area contributed by atoms with Gasteiger partial charge in [0.1, 0.15) is 0 Å². The lowest BCUT2D eigenvalue weighted by molar-refractivity contribution is -0.147. The topological polar surface area (TPSA) is 80.4 Å². The Morgan fingerprint density at radius 2 is 1.83 bits per heavy atom. The number of carboxylic acid groups (broad SMARTS) is 1. The first kappa shape index (κ1) is 10.9. The first-order valence-corrected chi connectivity index (χ1v) is 3.76. The van der Waals surface area contributed by atoms with E-state index in [1.165, 1.54) is 0 Å². The highest BCUT2D eigenvalue weighted by Crippen LogP contribution is 2.28. The second kappa shape index (κ2) is 3.56. The number of primary amides is 1. The van der Waals surface area contributed by atoms with Crippen LogP contribution in [0, 0.1) is 11.3 Å². The fourth-order valence-electron chi connectivity index (χ4n) is 0.965. The molecule has 3 N–H and O–H groups in total. The Kier molecular flexibility index (Phi) is 3.24. The molecule has 0 fully saturated rings. The molecule has 4 nitrogen and oxygen atoms in total. The first-order chi connectivity index (χ1) is 5.25. The zero-order valence-electron chi connectivity index (χ0n) is 7.63. The van der Waals surface area contributed by atoms with Gasteiger partial charge in [-0.25, -0.2) is 0 Å². The molecule has 0 aliphatic heterocycles. The number of carbonyl (C=O) groups excluding carboxylic acids is 1. The van der Waals surface area contributed by atoms with E-state index < -0.39 is 23.2 Å². The van der Waals surface area contributed by atoms with E-state index >= 15 is 0 Å². The van der Waals surface area contributed by atoms with E-state index in [4.69, 9.17) is 10.8 Å². The van der Waals surface area contributed by atoms with Crippen LogP contribution in [-0.2, 0) is 9.59 Å². The molecule has 0 saturated heterocycles. The van der Waals surface area contributed by atoms with E-state index in [0.29, 0.717) is 0 Å². The standard InChI is InChI=1S/C8H15NO3/c1-8(2,3)5(7(11)12)4-6(9)10/h5H,4H2,1-3H3,(H2,9,10)(H,11,12). The van der Waals surface area contributed by atoms with Crippen LogP contribution >= 0.6 is 0 Å². The zero-order valence-corrected chi connectivity index (χ0v) is 7.63. The van der Waals surface area contributed by atoms with Crippen LogP contribution in [0.5, 0.6) is 0 Å². The molecule has 0 aromatic heterocycles. The molecule has 0 spiro atoms. The third-order valence-electron chi connectivity index (χ3n) is 1.75. The summed E-state index contributed by atoms with van der Waals surface area (Å²) in [7, 11) is 0. The maximum absolute atomic E-state index is 10.7. The lowest BCUT2D eigenvalue weighted by Crippen LogP contribution is -2.32. The average molecular weight is 173 g/mol. The van der Waals surface area contributed by atoms with Gasteiger partial charge in [-0.3, -0.25) is 9.59 Å². The fraction of sp³-hybridized carbons (Fsp3) is 0.750. The number of aliphatic carboxylic acids is 1. The highest BCUT2D eigenvalue weighted by Gasteiger charge is 2.32. The van der Waals surface area contributed by atoms with Crippen molar-refractivity contribution in [1.29, 1.82) is 0 Å². The summed E-state index contributed by atoms with van der Waals surface area (Å²) in [5.74, 6) is -2.24. The number of carboxylic acids is 1. The van der Waals surface area contributed by atoms with Gasteiger partial charge < -0.3 is 10.8 Å². The molecule has 0 aliphatic carbocycles. The number of hydrogen-bond donors (Lipinski definition) is 2. The van der Waals surface area contributed by atoms with E-state index in [0.717, 1.165) is 0 Å². The Hall–Kier alpha value is -1.06. The summed E-state index contributed by atoms with van der Waals surface area (Å²) in [5, 5.41) is 8.75. The summed E-state index contributed by atoms with van der Waals surface area (Å²) in [6.45, 7) is 5.32. The Balaban J connectivity index is 4.46. The van der Waals surface area contributed by atoms with Crippen molar-refractivity contribution < 1.29 is 14.7 Å². The van der Waals surface area contributed by atoms with Crippen molar-refractivity contribution in [2.75, 3.05) is 0 Å². The molecule has 0 radical (unpaired) electrons. The Bertz CT molecular complexity index is 193. The Labute approximate surface area is 71.8 Å². The van der Waals surface area contributed by atoms with Crippen molar-refractivity contribution in [3.05, 3.63) is 0 Å². The molecule has 0 aliphatic rings. The number of carbonyl (C=O) groups is 2. The SMILES string of the molecule is CC(C)(C)C(CC(N)=O)C(=O)O. The molecule has 1 unspecified atom stereocenters. The summed E-state index contributed by atoms with van der Waals surface area (Å²) < 4.78 is 0.